The van der Waals surface area contributed by atoms with E-state index in [9.17, 15) is 0 Å². The lowest BCUT2D eigenvalue weighted by Crippen LogP contribution is -1.95. The van der Waals surface area contributed by atoms with Gasteiger partial charge in [-0.25, -0.2) is 9.97 Å². The molecule has 0 N–H and O–H groups in total. The first-order valence-corrected chi connectivity index (χ1v) is 6.27. The summed E-state index contributed by atoms with van der Waals surface area (Å²) in [6.07, 6.45) is 5.22. The molecule has 0 fully saturated rings. The highest BCUT2D eigenvalue weighted by molar-refractivity contribution is 6.36. The van der Waals surface area contributed by atoms with Crippen LogP contribution in [-0.2, 0) is 0 Å². The topological polar surface area (TPSA) is 39.9 Å². The second-order valence-electron chi connectivity index (χ2n) is 3.94. The first-order chi connectivity index (χ1) is 9.19. The molecule has 2 aromatic heterocycles. The molecule has 2 heterocycles. The van der Waals surface area contributed by atoms with E-state index in [1.807, 2.05) is 16.8 Å². The molecule has 6 heteroatoms. The maximum atomic E-state index is 6.22. The molecule has 96 valence electrons. The molecule has 4 nitrogen and oxygen atoms in total. The van der Waals surface area contributed by atoms with Crippen LogP contribution < -0.4 is 4.74 Å². The molecular weight excluding hydrogens is 285 g/mol. The minimum Gasteiger partial charge on any atom is -0.497 e. The van der Waals surface area contributed by atoms with Crippen LogP contribution in [0.3, 0.4) is 0 Å². The Morgan fingerprint density at radius 2 is 2.05 bits per heavy atom. The predicted octanol–water partition coefficient (Wildman–Crippen LogP) is 3.74. The van der Waals surface area contributed by atoms with Crippen LogP contribution in [0.25, 0.3) is 16.6 Å². The van der Waals surface area contributed by atoms with E-state index in [-0.39, 0.29) is 0 Å². The van der Waals surface area contributed by atoms with Crippen LogP contribution in [0.1, 0.15) is 0 Å². The average Bonchev–Trinajstić information content (AvgIpc) is 2.92. The Kier molecular flexibility index (Phi) is 3.05. The van der Waals surface area contributed by atoms with Gasteiger partial charge >= 0.3 is 0 Å². The number of aromatic nitrogens is 3. The first kappa shape index (κ1) is 12.3. The largest absolute Gasteiger partial charge is 0.497 e. The summed E-state index contributed by atoms with van der Waals surface area (Å²) in [6, 6.07) is 5.35. The Hall–Kier alpha value is -1.78. The molecule has 0 spiro atoms. The molecule has 0 amide bonds. The second kappa shape index (κ2) is 4.72. The van der Waals surface area contributed by atoms with E-state index in [1.54, 1.807) is 31.8 Å². The molecule has 0 bridgehead atoms. The maximum absolute atomic E-state index is 6.22. The number of hydrogen-bond donors (Lipinski definition) is 0. The molecule has 0 aliphatic rings. The number of pyridine rings is 1. The third-order valence-corrected chi connectivity index (χ3v) is 3.29. The lowest BCUT2D eigenvalue weighted by molar-refractivity contribution is 0.415. The molecule has 3 aromatic rings. The van der Waals surface area contributed by atoms with E-state index in [4.69, 9.17) is 27.9 Å². The standard InChI is InChI=1S/C13H9Cl2N3O/c1-19-8-4-9-11(18-3-2-16-7-18)6-12(15)17-13(9)10(14)5-8/h2-7H,1H3. The van der Waals surface area contributed by atoms with Crippen molar-refractivity contribution in [1.29, 1.82) is 0 Å². The molecule has 3 rings (SSSR count). The number of nitrogens with zero attached hydrogens (tertiary/aromatic N) is 3. The SMILES string of the molecule is COc1cc(Cl)c2nc(Cl)cc(-n3ccnc3)c2c1. The zero-order valence-electron chi connectivity index (χ0n) is 9.97. The Morgan fingerprint density at radius 3 is 2.74 bits per heavy atom. The van der Waals surface area contributed by atoms with Crippen molar-refractivity contribution in [1.82, 2.24) is 14.5 Å². The van der Waals surface area contributed by atoms with Crippen molar-refractivity contribution in [3.63, 3.8) is 0 Å². The molecule has 0 atom stereocenters. The molecule has 0 saturated carbocycles. The summed E-state index contributed by atoms with van der Waals surface area (Å²) in [5, 5.41) is 1.73. The van der Waals surface area contributed by atoms with E-state index in [0.717, 1.165) is 11.1 Å². The summed E-state index contributed by atoms with van der Waals surface area (Å²) in [7, 11) is 1.59. The zero-order valence-corrected chi connectivity index (χ0v) is 11.5. The number of fused-ring (bicyclic) bond motifs is 1. The van der Waals surface area contributed by atoms with Crippen molar-refractivity contribution in [3.05, 3.63) is 47.1 Å². The summed E-state index contributed by atoms with van der Waals surface area (Å²) in [5.41, 5.74) is 1.49. The third-order valence-electron chi connectivity index (χ3n) is 2.81. The van der Waals surface area contributed by atoms with Gasteiger partial charge in [0.15, 0.2) is 0 Å². The third kappa shape index (κ3) is 2.13. The van der Waals surface area contributed by atoms with Gasteiger partial charge in [0.05, 0.1) is 29.7 Å². The number of rotatable bonds is 2. The number of benzene rings is 1. The fourth-order valence-electron chi connectivity index (χ4n) is 1.95. The summed E-state index contributed by atoms with van der Waals surface area (Å²) in [6.45, 7) is 0. The van der Waals surface area contributed by atoms with E-state index < -0.39 is 0 Å². The number of methoxy groups -OCH3 is 1. The van der Waals surface area contributed by atoms with E-state index in [1.165, 1.54) is 0 Å². The van der Waals surface area contributed by atoms with Gasteiger partial charge < -0.3 is 9.30 Å². The molecule has 1 aromatic carbocycles. The molecule has 0 aliphatic heterocycles. The van der Waals surface area contributed by atoms with Crippen LogP contribution in [-0.4, -0.2) is 21.6 Å². The van der Waals surface area contributed by atoms with Crippen LogP contribution in [0.5, 0.6) is 5.75 Å². The van der Waals surface area contributed by atoms with Crippen molar-refractivity contribution < 1.29 is 4.74 Å². The number of halogens is 2. The average molecular weight is 294 g/mol. The lowest BCUT2D eigenvalue weighted by atomic mass is 10.1. The van der Waals surface area contributed by atoms with Crippen LogP contribution in [0.4, 0.5) is 0 Å². The summed E-state index contributed by atoms with van der Waals surface area (Å²) < 4.78 is 7.09. The quantitative estimate of drug-likeness (QED) is 0.676. The monoisotopic (exact) mass is 293 g/mol. The van der Waals surface area contributed by atoms with Gasteiger partial charge in [-0.05, 0) is 6.07 Å². The van der Waals surface area contributed by atoms with Gasteiger partial charge in [0.2, 0.25) is 0 Å². The van der Waals surface area contributed by atoms with Crippen molar-refractivity contribution in [2.45, 2.75) is 0 Å². The first-order valence-electron chi connectivity index (χ1n) is 5.51. The van der Waals surface area contributed by atoms with Crippen molar-refractivity contribution >= 4 is 34.1 Å². The minimum atomic E-state index is 0.378. The van der Waals surface area contributed by atoms with Gasteiger partial charge in [0, 0.05) is 29.9 Å². The maximum Gasteiger partial charge on any atom is 0.131 e. The Labute approximate surface area is 119 Å². The predicted molar refractivity (Wildman–Crippen MR) is 75.4 cm³/mol. The van der Waals surface area contributed by atoms with Gasteiger partial charge in [0.25, 0.3) is 0 Å². The molecular formula is C13H9Cl2N3O. The van der Waals surface area contributed by atoms with Crippen LogP contribution in [0.2, 0.25) is 10.2 Å². The Balaban J connectivity index is 2.40. The summed E-state index contributed by atoms with van der Waals surface area (Å²) >= 11 is 12.3. The molecule has 0 aliphatic carbocycles. The van der Waals surface area contributed by atoms with Crippen molar-refractivity contribution in [2.24, 2.45) is 0 Å². The number of imidazole rings is 1. The van der Waals surface area contributed by atoms with Gasteiger partial charge in [-0.3, -0.25) is 0 Å². The molecule has 0 saturated heterocycles. The lowest BCUT2D eigenvalue weighted by Gasteiger charge is -2.10. The van der Waals surface area contributed by atoms with Gasteiger partial charge in [0.1, 0.15) is 10.9 Å². The normalized spacial score (nSPS) is 10.9. The Morgan fingerprint density at radius 1 is 1.21 bits per heavy atom. The van der Waals surface area contributed by atoms with E-state index >= 15 is 0 Å². The van der Waals surface area contributed by atoms with Crippen molar-refractivity contribution in [3.8, 4) is 11.4 Å². The second-order valence-corrected chi connectivity index (χ2v) is 4.73. The van der Waals surface area contributed by atoms with Gasteiger partial charge in [-0.1, -0.05) is 23.2 Å². The van der Waals surface area contributed by atoms with Gasteiger partial charge in [-0.2, -0.15) is 0 Å². The van der Waals surface area contributed by atoms with Crippen molar-refractivity contribution in [2.75, 3.05) is 7.11 Å². The summed E-state index contributed by atoms with van der Waals surface area (Å²) in [4.78, 5) is 8.30. The van der Waals surface area contributed by atoms with Gasteiger partial charge in [-0.15, -0.1) is 0 Å². The smallest absolute Gasteiger partial charge is 0.131 e. The molecule has 0 radical (unpaired) electrons. The highest BCUT2D eigenvalue weighted by Gasteiger charge is 2.11. The number of hydrogen-bond acceptors (Lipinski definition) is 3. The Bertz CT molecular complexity index is 741. The van der Waals surface area contributed by atoms with E-state index in [2.05, 4.69) is 9.97 Å². The minimum absolute atomic E-state index is 0.378. The summed E-state index contributed by atoms with van der Waals surface area (Å²) in [5.74, 6) is 0.669. The highest BCUT2D eigenvalue weighted by Crippen LogP contribution is 2.33. The van der Waals surface area contributed by atoms with E-state index in [0.29, 0.717) is 21.4 Å². The van der Waals surface area contributed by atoms with Crippen LogP contribution in [0.15, 0.2) is 36.9 Å². The molecule has 19 heavy (non-hydrogen) atoms. The fourth-order valence-corrected chi connectivity index (χ4v) is 2.39. The zero-order chi connectivity index (χ0) is 13.4. The highest BCUT2D eigenvalue weighted by atomic mass is 35.5. The number of ether oxygens (including phenoxy) is 1. The van der Waals surface area contributed by atoms with Crippen LogP contribution >= 0.6 is 23.2 Å². The fraction of sp³-hybridized carbons (Fsp3) is 0.0769. The van der Waals surface area contributed by atoms with Crippen LogP contribution in [0, 0.1) is 0 Å². The molecule has 0 unspecified atom stereocenters.